The van der Waals surface area contributed by atoms with Crippen LogP contribution >= 0.6 is 0 Å². The number of hydrogen-bond donors (Lipinski definition) is 1. The Bertz CT molecular complexity index is 981. The highest BCUT2D eigenvalue weighted by atomic mass is 16.5. The predicted molar refractivity (Wildman–Crippen MR) is 98.2 cm³/mol. The summed E-state index contributed by atoms with van der Waals surface area (Å²) in [7, 11) is 0. The number of hydrogen-bond acceptors (Lipinski definition) is 5. The fourth-order valence-electron chi connectivity index (χ4n) is 2.57. The molecule has 3 rings (SSSR count). The number of H-pyrrole nitrogens is 1. The largest absolute Gasteiger partial charge is 0.493 e. The van der Waals surface area contributed by atoms with Gasteiger partial charge >= 0.3 is 5.97 Å². The Balaban J connectivity index is 1.59. The van der Waals surface area contributed by atoms with Crippen LogP contribution < -0.4 is 10.3 Å². The molecule has 6 heteroatoms. The number of nitrogens with zero attached hydrogens (tertiary/aromatic N) is 1. The average Bonchev–Trinajstić information content (AvgIpc) is 2.63. The number of benzene rings is 2. The monoisotopic (exact) mass is 352 g/mol. The minimum absolute atomic E-state index is 0.108. The van der Waals surface area contributed by atoms with Crippen molar-refractivity contribution in [2.45, 2.75) is 26.4 Å². The Kier molecular flexibility index (Phi) is 5.31. The molecule has 1 aromatic heterocycles. The number of aromatic amines is 1. The van der Waals surface area contributed by atoms with Crippen LogP contribution in [0, 0.1) is 6.92 Å². The van der Waals surface area contributed by atoms with Crippen LogP contribution in [-0.4, -0.2) is 22.5 Å². The summed E-state index contributed by atoms with van der Waals surface area (Å²) in [6.45, 7) is 3.84. The van der Waals surface area contributed by atoms with E-state index in [1.54, 1.807) is 31.2 Å². The van der Waals surface area contributed by atoms with Crippen molar-refractivity contribution in [2.75, 3.05) is 6.61 Å². The van der Waals surface area contributed by atoms with E-state index in [0.717, 1.165) is 11.3 Å². The summed E-state index contributed by atoms with van der Waals surface area (Å²) in [6, 6.07) is 14.6. The van der Waals surface area contributed by atoms with Crippen LogP contribution in [0.15, 0.2) is 53.3 Å². The first-order valence-electron chi connectivity index (χ1n) is 8.41. The molecule has 134 valence electrons. The molecule has 0 aliphatic carbocycles. The maximum Gasteiger partial charge on any atom is 0.309 e. The second-order valence-electron chi connectivity index (χ2n) is 5.96. The van der Waals surface area contributed by atoms with Gasteiger partial charge in [0, 0.05) is 0 Å². The van der Waals surface area contributed by atoms with E-state index in [1.807, 2.05) is 31.2 Å². The SMILES string of the molecule is Cc1ccccc1OCCC(=O)OC(C)c1nc2ccccc2c(=O)[nH]1. The lowest BCUT2D eigenvalue weighted by molar-refractivity contribution is -0.149. The van der Waals surface area contributed by atoms with Crippen molar-refractivity contribution in [1.29, 1.82) is 0 Å². The first-order chi connectivity index (χ1) is 12.5. The summed E-state index contributed by atoms with van der Waals surface area (Å²) < 4.78 is 11.0. The van der Waals surface area contributed by atoms with Crippen LogP contribution in [0.1, 0.15) is 30.8 Å². The fourth-order valence-corrected chi connectivity index (χ4v) is 2.57. The molecule has 1 N–H and O–H groups in total. The second-order valence-corrected chi connectivity index (χ2v) is 5.96. The molecular formula is C20H20N2O4. The van der Waals surface area contributed by atoms with Crippen molar-refractivity contribution < 1.29 is 14.3 Å². The summed E-state index contributed by atoms with van der Waals surface area (Å²) in [4.78, 5) is 31.2. The summed E-state index contributed by atoms with van der Waals surface area (Å²) >= 11 is 0. The number of esters is 1. The van der Waals surface area contributed by atoms with Crippen LogP contribution in [0.25, 0.3) is 10.9 Å². The van der Waals surface area contributed by atoms with Gasteiger partial charge in [0.1, 0.15) is 5.75 Å². The second kappa shape index (κ2) is 7.82. The zero-order chi connectivity index (χ0) is 18.5. The molecule has 2 aromatic carbocycles. The number of ether oxygens (including phenoxy) is 2. The molecular weight excluding hydrogens is 332 g/mol. The van der Waals surface area contributed by atoms with E-state index in [0.29, 0.717) is 16.7 Å². The molecule has 0 radical (unpaired) electrons. The Labute approximate surface area is 150 Å². The molecule has 3 aromatic rings. The van der Waals surface area contributed by atoms with Gasteiger partial charge in [0.25, 0.3) is 5.56 Å². The quantitative estimate of drug-likeness (QED) is 0.688. The number of carbonyl (C=O) groups is 1. The summed E-state index contributed by atoms with van der Waals surface area (Å²) in [5.41, 5.74) is 1.32. The molecule has 0 aliphatic heterocycles. The van der Waals surface area contributed by atoms with Crippen molar-refractivity contribution in [3.05, 3.63) is 70.3 Å². The lowest BCUT2D eigenvalue weighted by Crippen LogP contribution is -2.18. The number of rotatable bonds is 6. The van der Waals surface area contributed by atoms with Crippen molar-refractivity contribution >= 4 is 16.9 Å². The molecule has 0 bridgehead atoms. The maximum absolute atomic E-state index is 12.1. The Morgan fingerprint density at radius 1 is 1.15 bits per heavy atom. The fraction of sp³-hybridized carbons (Fsp3) is 0.250. The molecule has 0 fully saturated rings. The number of para-hydroxylation sites is 2. The zero-order valence-corrected chi connectivity index (χ0v) is 14.7. The van der Waals surface area contributed by atoms with Gasteiger partial charge in [-0.2, -0.15) is 0 Å². The number of fused-ring (bicyclic) bond motifs is 1. The zero-order valence-electron chi connectivity index (χ0n) is 14.7. The third-order valence-corrected chi connectivity index (χ3v) is 3.98. The maximum atomic E-state index is 12.1. The van der Waals surface area contributed by atoms with Gasteiger partial charge in [0.2, 0.25) is 0 Å². The highest BCUT2D eigenvalue weighted by molar-refractivity contribution is 5.77. The lowest BCUT2D eigenvalue weighted by atomic mass is 10.2. The lowest BCUT2D eigenvalue weighted by Gasteiger charge is -2.13. The van der Waals surface area contributed by atoms with Gasteiger partial charge in [0.15, 0.2) is 11.9 Å². The topological polar surface area (TPSA) is 81.3 Å². The molecule has 26 heavy (non-hydrogen) atoms. The van der Waals surface area contributed by atoms with E-state index >= 15 is 0 Å². The van der Waals surface area contributed by atoms with Gasteiger partial charge in [-0.05, 0) is 37.6 Å². The standard InChI is InChI=1S/C20H20N2O4/c1-13-7-3-6-10-17(13)25-12-11-18(23)26-14(2)19-21-16-9-5-4-8-15(16)20(24)22-19/h3-10,14H,11-12H2,1-2H3,(H,21,22,24). The molecule has 0 amide bonds. The van der Waals surface area contributed by atoms with E-state index in [1.165, 1.54) is 0 Å². The van der Waals surface area contributed by atoms with E-state index in [2.05, 4.69) is 9.97 Å². The van der Waals surface area contributed by atoms with E-state index in [9.17, 15) is 9.59 Å². The first kappa shape index (κ1) is 17.7. The first-order valence-corrected chi connectivity index (χ1v) is 8.41. The highest BCUT2D eigenvalue weighted by Gasteiger charge is 2.15. The van der Waals surface area contributed by atoms with Crippen molar-refractivity contribution in [3.63, 3.8) is 0 Å². The van der Waals surface area contributed by atoms with Crippen LogP contribution in [0.3, 0.4) is 0 Å². The van der Waals surface area contributed by atoms with Gasteiger partial charge in [-0.3, -0.25) is 9.59 Å². The van der Waals surface area contributed by atoms with Crippen LogP contribution in [0.5, 0.6) is 5.75 Å². The molecule has 1 heterocycles. The van der Waals surface area contributed by atoms with Crippen LogP contribution in [0.4, 0.5) is 0 Å². The van der Waals surface area contributed by atoms with Crippen LogP contribution in [0.2, 0.25) is 0 Å². The molecule has 0 saturated carbocycles. The van der Waals surface area contributed by atoms with Gasteiger partial charge in [-0.15, -0.1) is 0 Å². The normalized spacial score (nSPS) is 11.9. The van der Waals surface area contributed by atoms with Gasteiger partial charge in [0.05, 0.1) is 23.9 Å². The smallest absolute Gasteiger partial charge is 0.309 e. The molecule has 6 nitrogen and oxygen atoms in total. The molecule has 1 unspecified atom stereocenters. The molecule has 0 saturated heterocycles. The van der Waals surface area contributed by atoms with Gasteiger partial charge in [-0.25, -0.2) is 4.98 Å². The Morgan fingerprint density at radius 3 is 2.69 bits per heavy atom. The highest BCUT2D eigenvalue weighted by Crippen LogP contribution is 2.17. The molecule has 1 atom stereocenters. The van der Waals surface area contributed by atoms with E-state index in [-0.39, 0.29) is 18.6 Å². The van der Waals surface area contributed by atoms with Crippen LogP contribution in [-0.2, 0) is 9.53 Å². The molecule has 0 aliphatic rings. The third-order valence-electron chi connectivity index (χ3n) is 3.98. The minimum Gasteiger partial charge on any atom is -0.493 e. The van der Waals surface area contributed by atoms with Crippen molar-refractivity contribution in [3.8, 4) is 5.75 Å². The Morgan fingerprint density at radius 2 is 1.88 bits per heavy atom. The minimum atomic E-state index is -0.654. The predicted octanol–water partition coefficient (Wildman–Crippen LogP) is 3.30. The number of nitrogens with one attached hydrogen (secondary N) is 1. The van der Waals surface area contributed by atoms with E-state index in [4.69, 9.17) is 9.47 Å². The number of aromatic nitrogens is 2. The molecule has 0 spiro atoms. The Hall–Kier alpha value is -3.15. The summed E-state index contributed by atoms with van der Waals surface area (Å²) in [5, 5.41) is 0.501. The number of aryl methyl sites for hydroxylation is 1. The summed E-state index contributed by atoms with van der Waals surface area (Å²) in [6.07, 6.45) is -0.547. The van der Waals surface area contributed by atoms with Crippen molar-refractivity contribution in [1.82, 2.24) is 9.97 Å². The summed E-state index contributed by atoms with van der Waals surface area (Å²) in [5.74, 6) is 0.651. The van der Waals surface area contributed by atoms with Crippen molar-refractivity contribution in [2.24, 2.45) is 0 Å². The van der Waals surface area contributed by atoms with Gasteiger partial charge < -0.3 is 14.5 Å². The van der Waals surface area contributed by atoms with E-state index < -0.39 is 12.1 Å². The average molecular weight is 352 g/mol. The van der Waals surface area contributed by atoms with Gasteiger partial charge in [-0.1, -0.05) is 30.3 Å². The third kappa shape index (κ3) is 4.08. The number of carbonyl (C=O) groups excluding carboxylic acids is 1.